The Hall–Kier alpha value is -1.33. The molecule has 0 aliphatic rings. The molecule has 18 heavy (non-hydrogen) atoms. The number of aromatic nitrogens is 1. The molecule has 0 spiro atoms. The van der Waals surface area contributed by atoms with Crippen molar-refractivity contribution >= 4 is 33.7 Å². The maximum Gasteiger partial charge on any atom is 0.338 e. The van der Waals surface area contributed by atoms with Gasteiger partial charge in [0, 0.05) is 15.6 Å². The molecule has 0 saturated carbocycles. The zero-order chi connectivity index (χ0) is 13.1. The van der Waals surface area contributed by atoms with Crippen molar-refractivity contribution in [1.82, 2.24) is 4.98 Å². The van der Waals surface area contributed by atoms with Crippen molar-refractivity contribution in [2.24, 2.45) is 0 Å². The van der Waals surface area contributed by atoms with Crippen LogP contribution in [0.1, 0.15) is 15.9 Å². The molecule has 0 unspecified atom stereocenters. The van der Waals surface area contributed by atoms with Crippen LogP contribution in [0.15, 0.2) is 50.9 Å². The first-order chi connectivity index (χ1) is 8.56. The molecule has 2 rings (SSSR count). The van der Waals surface area contributed by atoms with E-state index >= 15 is 0 Å². The van der Waals surface area contributed by atoms with E-state index in [-0.39, 0.29) is 5.56 Å². The van der Waals surface area contributed by atoms with E-state index in [1.807, 2.05) is 31.2 Å². The van der Waals surface area contributed by atoms with Crippen LogP contribution in [-0.2, 0) is 0 Å². The number of rotatable bonds is 3. The van der Waals surface area contributed by atoms with E-state index in [1.54, 1.807) is 12.3 Å². The summed E-state index contributed by atoms with van der Waals surface area (Å²) in [6.45, 7) is 2.00. The van der Waals surface area contributed by atoms with E-state index in [9.17, 15) is 4.79 Å². The lowest BCUT2D eigenvalue weighted by Crippen LogP contribution is -2.00. The molecule has 1 N–H and O–H groups in total. The molecule has 0 amide bonds. The Labute approximate surface area is 117 Å². The SMILES string of the molecule is Cc1cccc(Sc2ncc(Br)cc2C(=O)O)c1. The van der Waals surface area contributed by atoms with Gasteiger partial charge >= 0.3 is 5.97 Å². The van der Waals surface area contributed by atoms with Gasteiger partial charge in [-0.15, -0.1) is 0 Å². The highest BCUT2D eigenvalue weighted by molar-refractivity contribution is 9.10. The van der Waals surface area contributed by atoms with Gasteiger partial charge in [-0.1, -0.05) is 29.5 Å². The highest BCUT2D eigenvalue weighted by atomic mass is 79.9. The second-order valence-corrected chi connectivity index (χ2v) is 5.71. The largest absolute Gasteiger partial charge is 0.478 e. The highest BCUT2D eigenvalue weighted by Crippen LogP contribution is 2.30. The lowest BCUT2D eigenvalue weighted by molar-refractivity contribution is 0.0692. The van der Waals surface area contributed by atoms with Crippen LogP contribution < -0.4 is 0 Å². The number of aromatic carboxylic acids is 1. The second-order valence-electron chi connectivity index (χ2n) is 3.73. The van der Waals surface area contributed by atoms with E-state index in [4.69, 9.17) is 5.11 Å². The number of benzene rings is 1. The number of hydrogen-bond acceptors (Lipinski definition) is 3. The van der Waals surface area contributed by atoms with E-state index in [2.05, 4.69) is 20.9 Å². The van der Waals surface area contributed by atoms with E-state index in [0.29, 0.717) is 9.50 Å². The average Bonchev–Trinajstić information content (AvgIpc) is 2.31. The number of carboxylic acids is 1. The Morgan fingerprint density at radius 1 is 1.39 bits per heavy atom. The molecule has 0 fully saturated rings. The van der Waals surface area contributed by atoms with Crippen LogP contribution in [0.2, 0.25) is 0 Å². The minimum Gasteiger partial charge on any atom is -0.478 e. The van der Waals surface area contributed by atoms with Gasteiger partial charge < -0.3 is 5.11 Å². The number of carboxylic acid groups (broad SMARTS) is 1. The Kier molecular flexibility index (Phi) is 4.04. The molecule has 1 aromatic carbocycles. The molecule has 1 heterocycles. The third-order valence-corrected chi connectivity index (χ3v) is 3.69. The molecule has 0 atom stereocenters. The van der Waals surface area contributed by atoms with Crippen LogP contribution >= 0.6 is 27.7 Å². The number of hydrogen-bond donors (Lipinski definition) is 1. The summed E-state index contributed by atoms with van der Waals surface area (Å²) in [5.41, 5.74) is 1.34. The van der Waals surface area contributed by atoms with Gasteiger partial charge in [-0.25, -0.2) is 9.78 Å². The summed E-state index contributed by atoms with van der Waals surface area (Å²) >= 11 is 4.58. The summed E-state index contributed by atoms with van der Waals surface area (Å²) in [7, 11) is 0. The molecule has 0 aliphatic carbocycles. The first-order valence-electron chi connectivity index (χ1n) is 5.19. The third kappa shape index (κ3) is 3.11. The lowest BCUT2D eigenvalue weighted by atomic mass is 10.2. The van der Waals surface area contributed by atoms with Crippen molar-refractivity contribution in [3.63, 3.8) is 0 Å². The molecule has 5 heteroatoms. The zero-order valence-corrected chi connectivity index (χ0v) is 12.0. The van der Waals surface area contributed by atoms with Crippen molar-refractivity contribution in [2.75, 3.05) is 0 Å². The van der Waals surface area contributed by atoms with Gasteiger partial charge in [0.2, 0.25) is 0 Å². The highest BCUT2D eigenvalue weighted by Gasteiger charge is 2.13. The number of nitrogens with zero attached hydrogens (tertiary/aromatic N) is 1. The predicted octanol–water partition coefficient (Wildman–Crippen LogP) is 4.00. The zero-order valence-electron chi connectivity index (χ0n) is 9.55. The predicted molar refractivity (Wildman–Crippen MR) is 74.2 cm³/mol. The van der Waals surface area contributed by atoms with Gasteiger partial charge in [-0.3, -0.25) is 0 Å². The normalized spacial score (nSPS) is 10.3. The van der Waals surface area contributed by atoms with Gasteiger partial charge in [0.25, 0.3) is 0 Å². The average molecular weight is 324 g/mol. The van der Waals surface area contributed by atoms with E-state index < -0.39 is 5.97 Å². The molecular formula is C13H10BrNO2S. The van der Waals surface area contributed by atoms with Crippen molar-refractivity contribution in [1.29, 1.82) is 0 Å². The molecule has 0 radical (unpaired) electrons. The summed E-state index contributed by atoms with van der Waals surface area (Å²) in [5.74, 6) is -0.973. The smallest absolute Gasteiger partial charge is 0.338 e. The van der Waals surface area contributed by atoms with Gasteiger partial charge in [0.15, 0.2) is 0 Å². The number of carbonyl (C=O) groups is 1. The van der Waals surface area contributed by atoms with Gasteiger partial charge in [-0.2, -0.15) is 0 Å². The van der Waals surface area contributed by atoms with Gasteiger partial charge in [-0.05, 0) is 41.1 Å². The van der Waals surface area contributed by atoms with Crippen molar-refractivity contribution in [2.45, 2.75) is 16.8 Å². The second kappa shape index (κ2) is 5.54. The maximum atomic E-state index is 11.2. The number of aryl methyl sites for hydroxylation is 1. The topological polar surface area (TPSA) is 50.2 Å². The minimum atomic E-state index is -0.973. The molecule has 0 aliphatic heterocycles. The van der Waals surface area contributed by atoms with Crippen LogP contribution in [0.5, 0.6) is 0 Å². The summed E-state index contributed by atoms with van der Waals surface area (Å²) in [6, 6.07) is 9.44. The molecule has 0 saturated heterocycles. The van der Waals surface area contributed by atoms with Crippen molar-refractivity contribution < 1.29 is 9.90 Å². The quantitative estimate of drug-likeness (QED) is 0.927. The van der Waals surface area contributed by atoms with Gasteiger partial charge in [0.1, 0.15) is 5.03 Å². The molecule has 3 nitrogen and oxygen atoms in total. The third-order valence-electron chi connectivity index (χ3n) is 2.25. The summed E-state index contributed by atoms with van der Waals surface area (Å²) in [4.78, 5) is 16.3. The van der Waals surface area contributed by atoms with Gasteiger partial charge in [0.05, 0.1) is 5.56 Å². The number of pyridine rings is 1. The van der Waals surface area contributed by atoms with Crippen LogP contribution in [0.4, 0.5) is 0 Å². The fourth-order valence-corrected chi connectivity index (χ4v) is 2.76. The van der Waals surface area contributed by atoms with E-state index in [0.717, 1.165) is 10.5 Å². The molecule has 1 aromatic heterocycles. The van der Waals surface area contributed by atoms with E-state index in [1.165, 1.54) is 11.8 Å². The first kappa shape index (κ1) is 13.1. The summed E-state index contributed by atoms with van der Waals surface area (Å²) in [5, 5.41) is 9.65. The van der Waals surface area contributed by atoms with Crippen molar-refractivity contribution in [3.8, 4) is 0 Å². The fourth-order valence-electron chi connectivity index (χ4n) is 1.45. The number of halogens is 1. The maximum absolute atomic E-state index is 11.2. The van der Waals surface area contributed by atoms with Crippen molar-refractivity contribution in [3.05, 3.63) is 52.1 Å². The van der Waals surface area contributed by atoms with Crippen LogP contribution in [-0.4, -0.2) is 16.1 Å². The molecular weight excluding hydrogens is 314 g/mol. The van der Waals surface area contributed by atoms with Crippen LogP contribution in [0, 0.1) is 6.92 Å². The molecule has 0 bridgehead atoms. The minimum absolute atomic E-state index is 0.205. The molecule has 2 aromatic rings. The molecule has 92 valence electrons. The summed E-state index contributed by atoms with van der Waals surface area (Å²) < 4.78 is 0.661. The van der Waals surface area contributed by atoms with Crippen LogP contribution in [0.3, 0.4) is 0 Å². The Balaban J connectivity index is 2.37. The standard InChI is InChI=1S/C13H10BrNO2S/c1-8-3-2-4-10(5-8)18-12-11(13(16)17)6-9(14)7-15-12/h2-7H,1H3,(H,16,17). The lowest BCUT2D eigenvalue weighted by Gasteiger charge is -2.05. The fraction of sp³-hybridized carbons (Fsp3) is 0.0769. The van der Waals surface area contributed by atoms with Crippen LogP contribution in [0.25, 0.3) is 0 Å². The Morgan fingerprint density at radius 2 is 2.17 bits per heavy atom. The first-order valence-corrected chi connectivity index (χ1v) is 6.80. The Bertz CT molecular complexity index is 601. The summed E-state index contributed by atoms with van der Waals surface area (Å²) in [6.07, 6.45) is 1.60. The monoisotopic (exact) mass is 323 g/mol. The Morgan fingerprint density at radius 3 is 2.83 bits per heavy atom.